The molecule has 0 spiro atoms. The van der Waals surface area contributed by atoms with Gasteiger partial charge in [0.25, 0.3) is 5.91 Å². The predicted octanol–water partition coefficient (Wildman–Crippen LogP) is 3.22. The Bertz CT molecular complexity index is 656. The number of halogens is 1. The molecule has 6 heteroatoms. The van der Waals surface area contributed by atoms with Crippen LogP contribution in [0.1, 0.15) is 23.3 Å². The molecular weight excluding hydrogens is 332 g/mol. The SMILES string of the molecule is O=C(c1ccnc(Nc2cccc(Br)c2)n1)N1CCCC1. The number of rotatable bonds is 3. The number of benzene rings is 1. The second kappa shape index (κ2) is 6.22. The average molecular weight is 347 g/mol. The van der Waals surface area contributed by atoms with Gasteiger partial charge in [0.05, 0.1) is 0 Å². The number of nitrogens with zero attached hydrogens (tertiary/aromatic N) is 3. The van der Waals surface area contributed by atoms with Crippen LogP contribution in [-0.4, -0.2) is 33.9 Å². The molecule has 2 aromatic rings. The van der Waals surface area contributed by atoms with Crippen molar-refractivity contribution >= 4 is 33.5 Å². The minimum atomic E-state index is -0.0211. The summed E-state index contributed by atoms with van der Waals surface area (Å²) in [6, 6.07) is 9.37. The molecule has 1 saturated heterocycles. The Kier molecular flexibility index (Phi) is 4.15. The van der Waals surface area contributed by atoms with Crippen LogP contribution in [0.2, 0.25) is 0 Å². The van der Waals surface area contributed by atoms with Crippen molar-refractivity contribution in [2.24, 2.45) is 0 Å². The summed E-state index contributed by atoms with van der Waals surface area (Å²) < 4.78 is 0.969. The van der Waals surface area contributed by atoms with Gasteiger partial charge in [-0.25, -0.2) is 9.97 Å². The Morgan fingerprint density at radius 2 is 2.05 bits per heavy atom. The van der Waals surface area contributed by atoms with E-state index >= 15 is 0 Å². The highest BCUT2D eigenvalue weighted by molar-refractivity contribution is 9.10. The van der Waals surface area contributed by atoms with Crippen LogP contribution in [0.4, 0.5) is 11.6 Å². The fraction of sp³-hybridized carbons (Fsp3) is 0.267. The molecule has 21 heavy (non-hydrogen) atoms. The van der Waals surface area contributed by atoms with Crippen molar-refractivity contribution in [3.8, 4) is 0 Å². The minimum absolute atomic E-state index is 0.0211. The van der Waals surface area contributed by atoms with Crippen molar-refractivity contribution in [2.75, 3.05) is 18.4 Å². The quantitative estimate of drug-likeness (QED) is 0.926. The van der Waals surface area contributed by atoms with Gasteiger partial charge in [-0.1, -0.05) is 22.0 Å². The van der Waals surface area contributed by atoms with Gasteiger partial charge in [0.2, 0.25) is 5.95 Å². The van der Waals surface area contributed by atoms with E-state index in [9.17, 15) is 4.79 Å². The van der Waals surface area contributed by atoms with Crippen LogP contribution in [0.25, 0.3) is 0 Å². The molecule has 0 unspecified atom stereocenters. The van der Waals surface area contributed by atoms with Gasteiger partial charge in [0.15, 0.2) is 0 Å². The zero-order chi connectivity index (χ0) is 14.7. The normalized spacial score (nSPS) is 14.2. The largest absolute Gasteiger partial charge is 0.337 e. The number of hydrogen-bond acceptors (Lipinski definition) is 4. The van der Waals surface area contributed by atoms with Gasteiger partial charge in [0.1, 0.15) is 5.69 Å². The number of nitrogens with one attached hydrogen (secondary N) is 1. The number of anilines is 2. The van der Waals surface area contributed by atoms with Crippen LogP contribution in [-0.2, 0) is 0 Å². The monoisotopic (exact) mass is 346 g/mol. The standard InChI is InChI=1S/C15H15BrN4O/c16-11-4-3-5-12(10-11)18-15-17-7-6-13(19-15)14(21)20-8-1-2-9-20/h3-7,10H,1-2,8-9H2,(H,17,18,19). The van der Waals surface area contributed by atoms with Gasteiger partial charge in [-0.15, -0.1) is 0 Å². The molecule has 1 aromatic carbocycles. The summed E-state index contributed by atoms with van der Waals surface area (Å²) >= 11 is 3.42. The number of carbonyl (C=O) groups is 1. The van der Waals surface area contributed by atoms with E-state index in [0.717, 1.165) is 36.1 Å². The first-order valence-corrected chi connectivity index (χ1v) is 7.66. The molecule has 1 aliphatic rings. The molecule has 0 aliphatic carbocycles. The fourth-order valence-corrected chi connectivity index (χ4v) is 2.71. The topological polar surface area (TPSA) is 58.1 Å². The van der Waals surface area contributed by atoms with Crippen molar-refractivity contribution in [2.45, 2.75) is 12.8 Å². The third kappa shape index (κ3) is 3.39. The number of hydrogen-bond donors (Lipinski definition) is 1. The molecule has 3 rings (SSSR count). The van der Waals surface area contributed by atoms with Crippen molar-refractivity contribution in [1.82, 2.24) is 14.9 Å². The van der Waals surface area contributed by atoms with E-state index in [-0.39, 0.29) is 5.91 Å². The van der Waals surface area contributed by atoms with E-state index in [2.05, 4.69) is 31.2 Å². The molecule has 1 aromatic heterocycles. The molecule has 2 heterocycles. The lowest BCUT2D eigenvalue weighted by Gasteiger charge is -2.14. The molecule has 0 atom stereocenters. The summed E-state index contributed by atoms with van der Waals surface area (Å²) in [7, 11) is 0. The first-order valence-electron chi connectivity index (χ1n) is 6.87. The van der Waals surface area contributed by atoms with E-state index in [1.165, 1.54) is 0 Å². The number of aromatic nitrogens is 2. The van der Waals surface area contributed by atoms with Crippen LogP contribution in [0.15, 0.2) is 41.0 Å². The van der Waals surface area contributed by atoms with Crippen molar-refractivity contribution in [3.63, 3.8) is 0 Å². The summed E-state index contributed by atoms with van der Waals surface area (Å²) in [4.78, 5) is 22.6. The lowest BCUT2D eigenvalue weighted by Crippen LogP contribution is -2.28. The molecule has 1 aliphatic heterocycles. The summed E-state index contributed by atoms with van der Waals surface area (Å²) in [5.41, 5.74) is 1.31. The van der Waals surface area contributed by atoms with E-state index in [0.29, 0.717) is 11.6 Å². The Morgan fingerprint density at radius 1 is 1.24 bits per heavy atom. The summed E-state index contributed by atoms with van der Waals surface area (Å²) in [6.07, 6.45) is 3.75. The fourth-order valence-electron chi connectivity index (χ4n) is 2.32. The average Bonchev–Trinajstić information content (AvgIpc) is 3.01. The maximum Gasteiger partial charge on any atom is 0.272 e. The summed E-state index contributed by atoms with van der Waals surface area (Å²) in [5, 5.41) is 3.11. The second-order valence-corrected chi connectivity index (χ2v) is 5.82. The van der Waals surface area contributed by atoms with E-state index in [1.54, 1.807) is 12.3 Å². The van der Waals surface area contributed by atoms with E-state index in [4.69, 9.17) is 0 Å². The van der Waals surface area contributed by atoms with Gasteiger partial charge >= 0.3 is 0 Å². The molecule has 5 nitrogen and oxygen atoms in total. The molecule has 1 fully saturated rings. The number of carbonyl (C=O) groups excluding carboxylic acids is 1. The smallest absolute Gasteiger partial charge is 0.272 e. The first kappa shape index (κ1) is 14.0. The van der Waals surface area contributed by atoms with Gasteiger partial charge in [-0.2, -0.15) is 0 Å². The van der Waals surface area contributed by atoms with Crippen molar-refractivity contribution < 1.29 is 4.79 Å². The van der Waals surface area contributed by atoms with Gasteiger partial charge in [-0.3, -0.25) is 4.79 Å². The molecule has 0 saturated carbocycles. The highest BCUT2D eigenvalue weighted by Crippen LogP contribution is 2.19. The number of likely N-dealkylation sites (tertiary alicyclic amines) is 1. The Hall–Kier alpha value is -1.95. The zero-order valence-electron chi connectivity index (χ0n) is 11.4. The lowest BCUT2D eigenvalue weighted by molar-refractivity contribution is 0.0787. The predicted molar refractivity (Wildman–Crippen MR) is 84.6 cm³/mol. The number of amides is 1. The second-order valence-electron chi connectivity index (χ2n) is 4.90. The van der Waals surface area contributed by atoms with Crippen LogP contribution in [0.3, 0.4) is 0 Å². The maximum absolute atomic E-state index is 12.3. The van der Waals surface area contributed by atoms with E-state index in [1.807, 2.05) is 29.2 Å². The molecular formula is C15H15BrN4O. The lowest BCUT2D eigenvalue weighted by atomic mass is 10.3. The Balaban J connectivity index is 1.78. The summed E-state index contributed by atoms with van der Waals surface area (Å²) in [5.74, 6) is 0.408. The Morgan fingerprint density at radius 3 is 2.81 bits per heavy atom. The van der Waals surface area contributed by atoms with Gasteiger partial charge < -0.3 is 10.2 Å². The molecule has 0 radical (unpaired) electrons. The van der Waals surface area contributed by atoms with Crippen molar-refractivity contribution in [1.29, 1.82) is 0 Å². The molecule has 108 valence electrons. The molecule has 1 amide bonds. The summed E-state index contributed by atoms with van der Waals surface area (Å²) in [6.45, 7) is 1.63. The van der Waals surface area contributed by atoms with Crippen LogP contribution >= 0.6 is 15.9 Å². The minimum Gasteiger partial charge on any atom is -0.337 e. The van der Waals surface area contributed by atoms with Gasteiger partial charge in [-0.05, 0) is 37.1 Å². The molecule has 1 N–H and O–H groups in total. The third-order valence-corrected chi connectivity index (χ3v) is 3.84. The first-order chi connectivity index (χ1) is 10.2. The van der Waals surface area contributed by atoms with E-state index < -0.39 is 0 Å². The zero-order valence-corrected chi connectivity index (χ0v) is 13.0. The Labute approximate surface area is 131 Å². The highest BCUT2D eigenvalue weighted by Gasteiger charge is 2.20. The maximum atomic E-state index is 12.3. The molecule has 0 bridgehead atoms. The van der Waals surface area contributed by atoms with Crippen LogP contribution in [0.5, 0.6) is 0 Å². The highest BCUT2D eigenvalue weighted by atomic mass is 79.9. The van der Waals surface area contributed by atoms with Crippen molar-refractivity contribution in [3.05, 3.63) is 46.7 Å². The van der Waals surface area contributed by atoms with Crippen LogP contribution in [0, 0.1) is 0 Å². The van der Waals surface area contributed by atoms with Gasteiger partial charge in [0, 0.05) is 29.4 Å². The van der Waals surface area contributed by atoms with Crippen LogP contribution < -0.4 is 5.32 Å². The third-order valence-electron chi connectivity index (χ3n) is 3.35.